The van der Waals surface area contributed by atoms with E-state index in [0.29, 0.717) is 5.92 Å². The summed E-state index contributed by atoms with van der Waals surface area (Å²) in [4.78, 5) is 0. The molecule has 1 unspecified atom stereocenters. The van der Waals surface area contributed by atoms with E-state index in [1.54, 1.807) is 0 Å². The van der Waals surface area contributed by atoms with Gasteiger partial charge >= 0.3 is 37.9 Å². The van der Waals surface area contributed by atoms with E-state index in [1.807, 2.05) is 0 Å². The zero-order valence-electron chi connectivity index (χ0n) is 15.4. The SMILES string of the molecule is CCc1ccc2[cH-]c(C(C)CC)cc2c1-c1ccccc1C.[Cl][Zr][Cl]. The van der Waals surface area contributed by atoms with Crippen LogP contribution in [0.5, 0.6) is 0 Å². The number of aryl methyl sites for hydroxylation is 2. The molecule has 3 aromatic rings. The molecular formula is C22H25Cl2Zr-. The van der Waals surface area contributed by atoms with Gasteiger partial charge in [0.15, 0.2) is 0 Å². The molecule has 1 atom stereocenters. The van der Waals surface area contributed by atoms with Crippen molar-refractivity contribution >= 4 is 27.8 Å². The standard InChI is InChI=1S/C22H25.2ClH.Zr/c1-5-15(3)19-13-18-12-11-17(6-2)22(21(18)14-19)20-10-8-7-9-16(20)4;;;/h7-15H,5-6H2,1-4H3;2*1H;/q-1;;;+2/p-2. The van der Waals surface area contributed by atoms with Crippen LogP contribution < -0.4 is 0 Å². The van der Waals surface area contributed by atoms with E-state index in [2.05, 4.69) is 76.2 Å². The van der Waals surface area contributed by atoms with Crippen LogP contribution in [0.3, 0.4) is 0 Å². The Morgan fingerprint density at radius 2 is 1.76 bits per heavy atom. The molecule has 3 aromatic carbocycles. The Hall–Kier alpha value is -0.487. The second kappa shape index (κ2) is 10.0. The van der Waals surface area contributed by atoms with Gasteiger partial charge in [0.2, 0.25) is 0 Å². The van der Waals surface area contributed by atoms with Crippen LogP contribution in [-0.2, 0) is 27.3 Å². The Morgan fingerprint density at radius 1 is 1.08 bits per heavy atom. The van der Waals surface area contributed by atoms with Gasteiger partial charge in [-0.2, -0.15) is 6.07 Å². The third kappa shape index (κ3) is 4.82. The maximum absolute atomic E-state index is 4.93. The van der Waals surface area contributed by atoms with Crippen LogP contribution in [0.25, 0.3) is 21.9 Å². The van der Waals surface area contributed by atoms with Gasteiger partial charge in [-0.05, 0) is 30.4 Å². The molecule has 25 heavy (non-hydrogen) atoms. The van der Waals surface area contributed by atoms with E-state index in [1.165, 1.54) is 45.0 Å². The molecule has 0 saturated heterocycles. The van der Waals surface area contributed by atoms with Crippen LogP contribution in [0, 0.1) is 6.92 Å². The van der Waals surface area contributed by atoms with Gasteiger partial charge < -0.3 is 0 Å². The van der Waals surface area contributed by atoms with Gasteiger partial charge in [0.05, 0.1) is 0 Å². The molecule has 0 fully saturated rings. The molecule has 132 valence electrons. The molecule has 0 nitrogen and oxygen atoms in total. The van der Waals surface area contributed by atoms with Crippen molar-refractivity contribution in [3.05, 3.63) is 65.2 Å². The summed E-state index contributed by atoms with van der Waals surface area (Å²) in [5.74, 6) is 0.627. The average molecular weight is 452 g/mol. The summed E-state index contributed by atoms with van der Waals surface area (Å²) in [6.45, 7) is 9.05. The fourth-order valence-electron chi connectivity index (χ4n) is 3.34. The van der Waals surface area contributed by atoms with Gasteiger partial charge in [-0.25, -0.2) is 0 Å². The minimum atomic E-state index is -0.826. The van der Waals surface area contributed by atoms with Crippen LogP contribution in [0.1, 0.15) is 49.8 Å². The predicted octanol–water partition coefficient (Wildman–Crippen LogP) is 7.99. The van der Waals surface area contributed by atoms with Crippen molar-refractivity contribution in [1.29, 1.82) is 0 Å². The number of halogens is 2. The summed E-state index contributed by atoms with van der Waals surface area (Å²) in [6, 6.07) is 18.2. The number of fused-ring (bicyclic) bond motifs is 1. The molecule has 0 radical (unpaired) electrons. The van der Waals surface area contributed by atoms with E-state index in [-0.39, 0.29) is 0 Å². The molecule has 3 heteroatoms. The number of benzene rings is 2. The van der Waals surface area contributed by atoms with E-state index in [4.69, 9.17) is 17.0 Å². The van der Waals surface area contributed by atoms with Crippen molar-refractivity contribution in [3.8, 4) is 11.1 Å². The Balaban J connectivity index is 0.000000701. The molecule has 0 aliphatic rings. The van der Waals surface area contributed by atoms with Gasteiger partial charge in [0, 0.05) is 0 Å². The molecule has 3 rings (SSSR count). The zero-order chi connectivity index (χ0) is 18.4. The first-order valence-corrected chi connectivity index (χ1v) is 15.1. The van der Waals surface area contributed by atoms with Crippen LogP contribution in [0.2, 0.25) is 0 Å². The van der Waals surface area contributed by atoms with E-state index in [0.717, 1.165) is 6.42 Å². The molecular weight excluding hydrogens is 426 g/mol. The summed E-state index contributed by atoms with van der Waals surface area (Å²) in [5, 5.41) is 2.80. The van der Waals surface area contributed by atoms with Crippen LogP contribution >= 0.6 is 17.0 Å². The Kier molecular flexibility index (Phi) is 8.33. The first kappa shape index (κ1) is 20.8. The van der Waals surface area contributed by atoms with Crippen molar-refractivity contribution < 1.29 is 20.8 Å². The Morgan fingerprint density at radius 3 is 2.36 bits per heavy atom. The number of rotatable bonds is 4. The average Bonchev–Trinajstić information content (AvgIpc) is 3.05. The topological polar surface area (TPSA) is 0 Å². The third-order valence-electron chi connectivity index (χ3n) is 4.98. The maximum atomic E-state index is 4.93. The molecule has 0 amide bonds. The molecule has 0 aliphatic carbocycles. The van der Waals surface area contributed by atoms with Gasteiger partial charge in [-0.15, -0.1) is 34.5 Å². The van der Waals surface area contributed by atoms with E-state index >= 15 is 0 Å². The summed E-state index contributed by atoms with van der Waals surface area (Å²) >= 11 is -0.826. The molecule has 0 spiro atoms. The van der Waals surface area contributed by atoms with Crippen LogP contribution in [-0.4, -0.2) is 0 Å². The Labute approximate surface area is 170 Å². The van der Waals surface area contributed by atoms with E-state index in [9.17, 15) is 0 Å². The fraction of sp³-hybridized carbons (Fsp3) is 0.318. The molecule has 0 N–H and O–H groups in total. The summed E-state index contributed by atoms with van der Waals surface area (Å²) in [7, 11) is 9.87. The zero-order valence-corrected chi connectivity index (χ0v) is 19.3. The van der Waals surface area contributed by atoms with Crippen LogP contribution in [0.4, 0.5) is 0 Å². The predicted molar refractivity (Wildman–Crippen MR) is 110 cm³/mol. The van der Waals surface area contributed by atoms with Gasteiger partial charge in [0.1, 0.15) is 0 Å². The van der Waals surface area contributed by atoms with Crippen molar-refractivity contribution in [2.45, 2.75) is 46.5 Å². The second-order valence-corrected chi connectivity index (χ2v) is 10.2. The second-order valence-electron chi connectivity index (χ2n) is 6.44. The van der Waals surface area contributed by atoms with E-state index < -0.39 is 20.8 Å². The molecule has 0 aromatic heterocycles. The quantitative estimate of drug-likeness (QED) is 0.353. The molecule has 0 bridgehead atoms. The molecule has 0 heterocycles. The van der Waals surface area contributed by atoms with Gasteiger partial charge in [0.25, 0.3) is 0 Å². The van der Waals surface area contributed by atoms with Crippen molar-refractivity contribution in [2.75, 3.05) is 0 Å². The minimum absolute atomic E-state index is 0.627. The Bertz CT molecular complexity index is 820. The monoisotopic (exact) mass is 449 g/mol. The van der Waals surface area contributed by atoms with Crippen molar-refractivity contribution in [1.82, 2.24) is 0 Å². The third-order valence-corrected chi connectivity index (χ3v) is 4.98. The number of hydrogen-bond donors (Lipinski definition) is 0. The van der Waals surface area contributed by atoms with Crippen LogP contribution in [0.15, 0.2) is 48.5 Å². The van der Waals surface area contributed by atoms with Gasteiger partial charge in [-0.3, -0.25) is 0 Å². The van der Waals surface area contributed by atoms with Crippen molar-refractivity contribution in [2.24, 2.45) is 0 Å². The fourth-order valence-corrected chi connectivity index (χ4v) is 3.34. The molecule has 0 saturated carbocycles. The molecule has 0 aliphatic heterocycles. The summed E-state index contributed by atoms with van der Waals surface area (Å²) < 4.78 is 0. The van der Waals surface area contributed by atoms with Gasteiger partial charge in [-0.1, -0.05) is 62.6 Å². The number of hydrogen-bond acceptors (Lipinski definition) is 0. The normalized spacial score (nSPS) is 11.8. The summed E-state index contributed by atoms with van der Waals surface area (Å²) in [6.07, 6.45) is 2.26. The first-order valence-electron chi connectivity index (χ1n) is 8.81. The first-order chi connectivity index (χ1) is 12.1. The summed E-state index contributed by atoms with van der Waals surface area (Å²) in [5.41, 5.74) is 7.10. The van der Waals surface area contributed by atoms with Crippen molar-refractivity contribution in [3.63, 3.8) is 0 Å².